The van der Waals surface area contributed by atoms with Gasteiger partial charge in [0.1, 0.15) is 5.75 Å². The Labute approximate surface area is 305 Å². The number of aromatic hydroxyl groups is 1. The van der Waals surface area contributed by atoms with Crippen LogP contribution >= 0.6 is 0 Å². The summed E-state index contributed by atoms with van der Waals surface area (Å²) in [6.07, 6.45) is 3.44. The van der Waals surface area contributed by atoms with Crippen molar-refractivity contribution in [1.82, 2.24) is 4.40 Å². The highest BCUT2D eigenvalue weighted by atomic mass is 16.6. The first-order valence-corrected chi connectivity index (χ1v) is 19.3. The van der Waals surface area contributed by atoms with Crippen LogP contribution in [0.2, 0.25) is 0 Å². The molecule has 9 nitrogen and oxygen atoms in total. The maximum Gasteiger partial charge on any atom is 0.308 e. The van der Waals surface area contributed by atoms with Crippen LogP contribution in [-0.4, -0.2) is 65.1 Å². The molecule has 5 N–H and O–H groups in total. The van der Waals surface area contributed by atoms with Crippen molar-refractivity contribution in [3.05, 3.63) is 46.8 Å². The summed E-state index contributed by atoms with van der Waals surface area (Å²) in [6, 6.07) is 2.28. The SMILES string of the molecule is C=C(C)c1c(O)c2c3c(cc4c5c(n1c42)C1(C)C(CCC2C4(C)CC(C(O)C(C)C(=O)O)OC4(O)CCC21C)C5)C1=CC(C)(C)OC(C)(C)C1C3O. The first-order chi connectivity index (χ1) is 24.0. The molecule has 9 heteroatoms. The van der Waals surface area contributed by atoms with E-state index in [1.54, 1.807) is 0 Å². The number of carboxylic acid groups (broad SMARTS) is 1. The number of rotatable bonds is 4. The molecule has 2 aliphatic heterocycles. The van der Waals surface area contributed by atoms with Gasteiger partial charge in [0.25, 0.3) is 0 Å². The van der Waals surface area contributed by atoms with Gasteiger partial charge >= 0.3 is 5.97 Å². The third-order valence-corrected chi connectivity index (χ3v) is 15.9. The van der Waals surface area contributed by atoms with E-state index in [-0.39, 0.29) is 28.4 Å². The molecular weight excluding hydrogens is 658 g/mol. The molecule has 1 aromatic carbocycles. The van der Waals surface area contributed by atoms with Gasteiger partial charge < -0.3 is 39.4 Å². The third kappa shape index (κ3) is 3.80. The molecule has 2 aromatic heterocycles. The minimum atomic E-state index is -1.48. The summed E-state index contributed by atoms with van der Waals surface area (Å²) in [4.78, 5) is 11.8. The summed E-state index contributed by atoms with van der Waals surface area (Å²) in [5.74, 6) is -3.37. The van der Waals surface area contributed by atoms with Gasteiger partial charge in [-0.15, -0.1) is 0 Å². The third-order valence-electron chi connectivity index (χ3n) is 15.9. The van der Waals surface area contributed by atoms with E-state index >= 15 is 0 Å². The van der Waals surface area contributed by atoms with Crippen molar-refractivity contribution in [2.45, 2.75) is 142 Å². The molecular formula is C43H55NO8. The van der Waals surface area contributed by atoms with E-state index in [4.69, 9.17) is 9.47 Å². The second kappa shape index (κ2) is 10.0. The number of carbonyl (C=O) groups is 1. The molecule has 1 saturated heterocycles. The van der Waals surface area contributed by atoms with Crippen LogP contribution in [0.3, 0.4) is 0 Å². The number of allylic oxidation sites excluding steroid dienone is 1. The summed E-state index contributed by atoms with van der Waals surface area (Å²) in [7, 11) is 0. The minimum Gasteiger partial charge on any atom is -0.505 e. The van der Waals surface area contributed by atoms with Crippen LogP contribution in [0, 0.1) is 34.5 Å². The van der Waals surface area contributed by atoms with Crippen LogP contribution < -0.4 is 0 Å². The first-order valence-electron chi connectivity index (χ1n) is 19.3. The van der Waals surface area contributed by atoms with E-state index in [2.05, 4.69) is 57.7 Å². The molecule has 0 bridgehead atoms. The minimum absolute atomic E-state index is 0.0188. The fourth-order valence-corrected chi connectivity index (χ4v) is 13.6. The number of ether oxygens (including phenoxy) is 2. The molecule has 3 fully saturated rings. The fourth-order valence-electron chi connectivity index (χ4n) is 13.6. The van der Waals surface area contributed by atoms with Gasteiger partial charge in [-0.3, -0.25) is 4.79 Å². The number of hydrogen-bond donors (Lipinski definition) is 5. The lowest BCUT2D eigenvalue weighted by Crippen LogP contribution is -2.65. The average molecular weight is 714 g/mol. The Morgan fingerprint density at radius 3 is 2.42 bits per heavy atom. The van der Waals surface area contributed by atoms with Crippen molar-refractivity contribution in [3.63, 3.8) is 0 Å². The van der Waals surface area contributed by atoms with Crippen molar-refractivity contribution >= 4 is 33.4 Å². The Balaban J connectivity index is 1.26. The molecule has 11 unspecified atom stereocenters. The zero-order valence-electron chi connectivity index (χ0n) is 32.1. The standard InChI is InChI=1S/C43H55NO8/c1-19(2)31-35(47)29-28-22(25-17-38(4,5)52-39(6,7)30(25)34(28)46)16-23-24-15-21-11-12-27-40(8,42(21,10)36(24)44(31)32(23)29)13-14-43(50)41(27,9)18-26(51-43)33(45)20(3)37(48)49/h16-17,20-21,26-27,30,33-34,45-47,50H,1,11-15,18H2,2-10H3,(H,48,49). The molecule has 52 heavy (non-hydrogen) atoms. The van der Waals surface area contributed by atoms with Crippen LogP contribution in [0.15, 0.2) is 18.7 Å². The maximum absolute atomic E-state index is 12.3. The zero-order valence-corrected chi connectivity index (χ0v) is 32.1. The molecule has 0 spiro atoms. The molecule has 9 rings (SSSR count). The summed E-state index contributed by atoms with van der Waals surface area (Å²) in [5.41, 5.74) is 5.13. The van der Waals surface area contributed by atoms with E-state index < -0.39 is 52.6 Å². The number of aliphatic hydroxyl groups is 3. The molecule has 280 valence electrons. The van der Waals surface area contributed by atoms with Gasteiger partial charge in [0.2, 0.25) is 0 Å². The lowest BCUT2D eigenvalue weighted by molar-refractivity contribution is -0.301. The second-order valence-electron chi connectivity index (χ2n) is 19.4. The summed E-state index contributed by atoms with van der Waals surface area (Å²) in [5, 5.41) is 59.4. The molecule has 2 saturated carbocycles. The van der Waals surface area contributed by atoms with Gasteiger partial charge in [0.15, 0.2) is 5.79 Å². The van der Waals surface area contributed by atoms with Crippen LogP contribution in [0.1, 0.15) is 129 Å². The average Bonchev–Trinajstić information content (AvgIpc) is 3.77. The van der Waals surface area contributed by atoms with E-state index in [0.717, 1.165) is 52.4 Å². The lowest BCUT2D eigenvalue weighted by atomic mass is 9.40. The predicted octanol–water partition coefficient (Wildman–Crippen LogP) is 7.11. The van der Waals surface area contributed by atoms with Crippen molar-refractivity contribution in [2.75, 3.05) is 0 Å². The Hall–Kier alpha value is -2.95. The van der Waals surface area contributed by atoms with Crippen LogP contribution in [0.5, 0.6) is 5.75 Å². The largest absolute Gasteiger partial charge is 0.505 e. The zero-order chi connectivity index (χ0) is 37.6. The predicted molar refractivity (Wildman–Crippen MR) is 198 cm³/mol. The Kier molecular flexibility index (Phi) is 6.70. The molecule has 11 atom stereocenters. The Morgan fingerprint density at radius 1 is 1.08 bits per heavy atom. The molecule has 0 amide bonds. The molecule has 4 aliphatic carbocycles. The van der Waals surface area contributed by atoms with Crippen LogP contribution in [0.4, 0.5) is 0 Å². The molecule has 0 radical (unpaired) electrons. The highest BCUT2D eigenvalue weighted by Crippen LogP contribution is 2.74. The second-order valence-corrected chi connectivity index (χ2v) is 19.4. The quantitative estimate of drug-likeness (QED) is 0.193. The molecule has 3 aromatic rings. The van der Waals surface area contributed by atoms with Gasteiger partial charge in [-0.1, -0.05) is 27.4 Å². The number of aromatic nitrogens is 1. The van der Waals surface area contributed by atoms with E-state index in [0.29, 0.717) is 36.3 Å². The van der Waals surface area contributed by atoms with Crippen molar-refractivity contribution < 1.29 is 39.8 Å². The Morgan fingerprint density at radius 2 is 1.77 bits per heavy atom. The topological polar surface area (TPSA) is 141 Å². The number of aliphatic hydroxyl groups excluding tert-OH is 2. The van der Waals surface area contributed by atoms with Crippen molar-refractivity contribution in [1.29, 1.82) is 0 Å². The number of fused-ring (bicyclic) bond motifs is 13. The van der Waals surface area contributed by atoms with E-state index in [1.165, 1.54) is 18.2 Å². The summed E-state index contributed by atoms with van der Waals surface area (Å²) < 4.78 is 15.2. The van der Waals surface area contributed by atoms with Crippen LogP contribution in [-0.2, 0) is 26.1 Å². The lowest BCUT2D eigenvalue weighted by Gasteiger charge is -2.65. The maximum atomic E-state index is 12.3. The van der Waals surface area contributed by atoms with Gasteiger partial charge in [-0.2, -0.15) is 0 Å². The number of benzene rings is 1. The first kappa shape index (κ1) is 34.8. The smallest absolute Gasteiger partial charge is 0.308 e. The highest BCUT2D eigenvalue weighted by molar-refractivity contribution is 6.11. The van der Waals surface area contributed by atoms with E-state index in [1.807, 2.05) is 20.8 Å². The fraction of sp³-hybridized carbons (Fsp3) is 0.651. The number of aliphatic carboxylic acids is 1. The Bertz CT molecular complexity index is 2140. The normalized spacial score (nSPS) is 40.8. The van der Waals surface area contributed by atoms with Gasteiger partial charge in [-0.25, -0.2) is 0 Å². The van der Waals surface area contributed by atoms with Crippen LogP contribution in [0.25, 0.3) is 27.4 Å². The monoisotopic (exact) mass is 713 g/mol. The summed E-state index contributed by atoms with van der Waals surface area (Å²) in [6.45, 7) is 22.9. The number of carboxylic acids is 1. The van der Waals surface area contributed by atoms with Crippen molar-refractivity contribution in [2.24, 2.45) is 34.5 Å². The number of nitrogens with zero attached hydrogens (tertiary/aromatic N) is 1. The molecule has 4 heterocycles. The summed E-state index contributed by atoms with van der Waals surface area (Å²) >= 11 is 0. The highest BCUT2D eigenvalue weighted by Gasteiger charge is 2.73. The van der Waals surface area contributed by atoms with Gasteiger partial charge in [0, 0.05) is 45.2 Å². The van der Waals surface area contributed by atoms with Gasteiger partial charge in [-0.05, 0) is 125 Å². The van der Waals surface area contributed by atoms with Crippen molar-refractivity contribution in [3.8, 4) is 5.75 Å². The van der Waals surface area contributed by atoms with E-state index in [9.17, 15) is 30.3 Å². The number of hydrogen-bond acceptors (Lipinski definition) is 7. The van der Waals surface area contributed by atoms with Gasteiger partial charge in [0.05, 0.1) is 46.6 Å². The molecule has 6 aliphatic rings.